The second-order valence-electron chi connectivity index (χ2n) is 4.53. The second-order valence-corrected chi connectivity index (χ2v) is 4.53. The maximum absolute atomic E-state index is 10.8. The van der Waals surface area contributed by atoms with Crippen molar-refractivity contribution in [3.63, 3.8) is 0 Å². The standard InChI is InChI=1S/C13H15N3O3/c14-6-10-11(15)2-1-3-12(10)19-8-9-4-5-16(7-9)13(17)18/h1-3,9H,4-5,7-8,15H2,(H,17,18)/t9-/m0/s1. The van der Waals surface area contributed by atoms with Gasteiger partial charge in [0.25, 0.3) is 0 Å². The van der Waals surface area contributed by atoms with E-state index < -0.39 is 6.09 Å². The van der Waals surface area contributed by atoms with E-state index >= 15 is 0 Å². The third-order valence-corrected chi connectivity index (χ3v) is 3.20. The predicted molar refractivity (Wildman–Crippen MR) is 68.8 cm³/mol. The molecule has 3 N–H and O–H groups in total. The van der Waals surface area contributed by atoms with Crippen molar-refractivity contribution in [1.29, 1.82) is 5.26 Å². The number of hydrogen-bond donors (Lipinski definition) is 2. The Hall–Kier alpha value is -2.42. The number of nitrogen functional groups attached to an aromatic ring is 1. The largest absolute Gasteiger partial charge is 0.492 e. The topological polar surface area (TPSA) is 99.6 Å². The number of carboxylic acid groups (broad SMARTS) is 1. The van der Waals surface area contributed by atoms with Crippen molar-refractivity contribution in [2.75, 3.05) is 25.4 Å². The zero-order valence-electron chi connectivity index (χ0n) is 10.4. The smallest absolute Gasteiger partial charge is 0.407 e. The number of likely N-dealkylation sites (tertiary alicyclic amines) is 1. The van der Waals surface area contributed by atoms with E-state index in [0.717, 1.165) is 6.42 Å². The Morgan fingerprint density at radius 3 is 3.05 bits per heavy atom. The van der Waals surface area contributed by atoms with Gasteiger partial charge in [-0.25, -0.2) is 4.79 Å². The lowest BCUT2D eigenvalue weighted by Crippen LogP contribution is -2.27. The van der Waals surface area contributed by atoms with Crippen molar-refractivity contribution >= 4 is 11.8 Å². The third kappa shape index (κ3) is 2.88. The molecule has 1 fully saturated rings. The molecule has 1 aromatic carbocycles. The summed E-state index contributed by atoms with van der Waals surface area (Å²) < 4.78 is 5.60. The summed E-state index contributed by atoms with van der Waals surface area (Å²) in [4.78, 5) is 12.2. The summed E-state index contributed by atoms with van der Waals surface area (Å²) in [5, 5.41) is 17.9. The molecule has 1 atom stereocenters. The number of nitrogens with two attached hydrogens (primary N) is 1. The van der Waals surface area contributed by atoms with Crippen LogP contribution in [0.3, 0.4) is 0 Å². The number of hydrogen-bond acceptors (Lipinski definition) is 4. The van der Waals surface area contributed by atoms with Crippen LogP contribution in [0.5, 0.6) is 5.75 Å². The first kappa shape index (κ1) is 13.0. The highest BCUT2D eigenvalue weighted by molar-refractivity contribution is 5.65. The molecule has 1 aliphatic heterocycles. The summed E-state index contributed by atoms with van der Waals surface area (Å²) in [5.74, 6) is 0.611. The van der Waals surface area contributed by atoms with Crippen LogP contribution in [0.4, 0.5) is 10.5 Å². The molecule has 0 radical (unpaired) electrons. The van der Waals surface area contributed by atoms with Crippen LogP contribution in [-0.4, -0.2) is 35.8 Å². The molecule has 1 amide bonds. The van der Waals surface area contributed by atoms with Gasteiger partial charge in [0.1, 0.15) is 17.4 Å². The summed E-state index contributed by atoms with van der Waals surface area (Å²) in [5.41, 5.74) is 6.41. The quantitative estimate of drug-likeness (QED) is 0.803. The number of anilines is 1. The van der Waals surface area contributed by atoms with Crippen molar-refractivity contribution in [3.05, 3.63) is 23.8 Å². The third-order valence-electron chi connectivity index (χ3n) is 3.20. The van der Waals surface area contributed by atoms with Crippen molar-refractivity contribution in [3.8, 4) is 11.8 Å². The monoisotopic (exact) mass is 261 g/mol. The minimum absolute atomic E-state index is 0.157. The lowest BCUT2D eigenvalue weighted by atomic mass is 10.1. The first-order valence-electron chi connectivity index (χ1n) is 6.01. The van der Waals surface area contributed by atoms with E-state index in [0.29, 0.717) is 36.7 Å². The van der Waals surface area contributed by atoms with E-state index in [1.807, 2.05) is 6.07 Å². The molecule has 6 nitrogen and oxygen atoms in total. The number of nitrogens with zero attached hydrogens (tertiary/aromatic N) is 2. The number of amides is 1. The van der Waals surface area contributed by atoms with Crippen molar-refractivity contribution < 1.29 is 14.6 Å². The minimum Gasteiger partial charge on any atom is -0.492 e. The number of rotatable bonds is 3. The highest BCUT2D eigenvalue weighted by Crippen LogP contribution is 2.25. The van der Waals surface area contributed by atoms with Crippen LogP contribution in [0.1, 0.15) is 12.0 Å². The molecule has 1 heterocycles. The normalized spacial score (nSPS) is 18.1. The summed E-state index contributed by atoms with van der Waals surface area (Å²) >= 11 is 0. The number of carbonyl (C=O) groups is 1. The van der Waals surface area contributed by atoms with Crippen LogP contribution in [0.2, 0.25) is 0 Å². The van der Waals surface area contributed by atoms with Gasteiger partial charge in [-0.15, -0.1) is 0 Å². The van der Waals surface area contributed by atoms with Crippen LogP contribution in [0, 0.1) is 17.2 Å². The molecular weight excluding hydrogens is 246 g/mol. The highest BCUT2D eigenvalue weighted by atomic mass is 16.5. The van der Waals surface area contributed by atoms with Crippen LogP contribution >= 0.6 is 0 Å². The van der Waals surface area contributed by atoms with Gasteiger partial charge in [-0.1, -0.05) is 6.07 Å². The molecule has 100 valence electrons. The predicted octanol–water partition coefficient (Wildman–Crippen LogP) is 1.52. The van der Waals surface area contributed by atoms with E-state index in [9.17, 15) is 4.79 Å². The minimum atomic E-state index is -0.899. The van der Waals surface area contributed by atoms with Crippen LogP contribution in [0.25, 0.3) is 0 Å². The Labute approximate surface area is 111 Å². The molecule has 1 aliphatic rings. The number of nitriles is 1. The first-order chi connectivity index (χ1) is 9.11. The first-order valence-corrected chi connectivity index (χ1v) is 6.01. The Kier molecular flexibility index (Phi) is 3.76. The number of ether oxygens (including phenoxy) is 1. The molecule has 0 unspecified atom stereocenters. The maximum atomic E-state index is 10.8. The molecular formula is C13H15N3O3. The summed E-state index contributed by atoms with van der Waals surface area (Å²) in [6.45, 7) is 1.40. The Bertz CT molecular complexity index is 524. The fourth-order valence-corrected chi connectivity index (χ4v) is 2.14. The molecule has 0 spiro atoms. The van der Waals surface area contributed by atoms with Gasteiger partial charge >= 0.3 is 6.09 Å². The maximum Gasteiger partial charge on any atom is 0.407 e. The zero-order chi connectivity index (χ0) is 13.8. The Morgan fingerprint density at radius 2 is 2.42 bits per heavy atom. The molecule has 19 heavy (non-hydrogen) atoms. The fourth-order valence-electron chi connectivity index (χ4n) is 2.14. The molecule has 6 heteroatoms. The average molecular weight is 261 g/mol. The molecule has 0 aliphatic carbocycles. The van der Waals surface area contributed by atoms with Crippen LogP contribution in [-0.2, 0) is 0 Å². The van der Waals surface area contributed by atoms with Crippen LogP contribution in [0.15, 0.2) is 18.2 Å². The van der Waals surface area contributed by atoms with Gasteiger partial charge in [-0.3, -0.25) is 0 Å². The van der Waals surface area contributed by atoms with Gasteiger partial charge in [-0.2, -0.15) is 5.26 Å². The van der Waals surface area contributed by atoms with Crippen molar-refractivity contribution in [2.24, 2.45) is 5.92 Å². The van der Waals surface area contributed by atoms with Crippen LogP contribution < -0.4 is 10.5 Å². The molecule has 0 aromatic heterocycles. The molecule has 1 aromatic rings. The molecule has 0 saturated carbocycles. The average Bonchev–Trinajstić information content (AvgIpc) is 2.85. The highest BCUT2D eigenvalue weighted by Gasteiger charge is 2.26. The second kappa shape index (κ2) is 5.48. The van der Waals surface area contributed by atoms with Gasteiger partial charge in [0.15, 0.2) is 0 Å². The zero-order valence-corrected chi connectivity index (χ0v) is 10.4. The van der Waals surface area contributed by atoms with E-state index in [1.54, 1.807) is 18.2 Å². The van der Waals surface area contributed by atoms with E-state index in [1.165, 1.54) is 4.90 Å². The molecule has 2 rings (SSSR count). The van der Waals surface area contributed by atoms with Crippen molar-refractivity contribution in [1.82, 2.24) is 4.90 Å². The van der Waals surface area contributed by atoms with Gasteiger partial charge in [-0.05, 0) is 18.6 Å². The Balaban J connectivity index is 1.96. The number of benzene rings is 1. The molecule has 1 saturated heterocycles. The lowest BCUT2D eigenvalue weighted by molar-refractivity contribution is 0.151. The van der Waals surface area contributed by atoms with Gasteiger partial charge in [0, 0.05) is 19.0 Å². The van der Waals surface area contributed by atoms with Gasteiger partial charge in [0.05, 0.1) is 12.3 Å². The molecule has 0 bridgehead atoms. The van der Waals surface area contributed by atoms with E-state index in [4.69, 9.17) is 20.8 Å². The van der Waals surface area contributed by atoms with E-state index in [-0.39, 0.29) is 5.92 Å². The summed E-state index contributed by atoms with van der Waals surface area (Å²) in [6.07, 6.45) is -0.125. The SMILES string of the molecule is N#Cc1c(N)cccc1OC[C@H]1CCN(C(=O)O)C1. The lowest BCUT2D eigenvalue weighted by Gasteiger charge is -2.14. The van der Waals surface area contributed by atoms with Gasteiger partial charge < -0.3 is 20.5 Å². The fraction of sp³-hybridized carbons (Fsp3) is 0.385. The van der Waals surface area contributed by atoms with Crippen molar-refractivity contribution in [2.45, 2.75) is 6.42 Å². The summed E-state index contributed by atoms with van der Waals surface area (Å²) in [6, 6.07) is 7.08. The van der Waals surface area contributed by atoms with E-state index in [2.05, 4.69) is 0 Å². The van der Waals surface area contributed by atoms with Gasteiger partial charge in [0.2, 0.25) is 0 Å². The summed E-state index contributed by atoms with van der Waals surface area (Å²) in [7, 11) is 0. The Morgan fingerprint density at radius 1 is 1.63 bits per heavy atom.